The zero-order valence-electron chi connectivity index (χ0n) is 8.53. The van der Waals surface area contributed by atoms with Crippen LogP contribution in [0.15, 0.2) is 24.3 Å². The number of hydrogen-bond donors (Lipinski definition) is 0. The summed E-state index contributed by atoms with van der Waals surface area (Å²) in [4.78, 5) is 11.0. The summed E-state index contributed by atoms with van der Waals surface area (Å²) in [6, 6.07) is 5.69. The molecule has 0 N–H and O–H groups in total. The summed E-state index contributed by atoms with van der Waals surface area (Å²) < 4.78 is 22.4. The summed E-state index contributed by atoms with van der Waals surface area (Å²) in [5.41, 5.74) is 0. The maximum absolute atomic E-state index is 13.0. The Bertz CT molecular complexity index is 325. The summed E-state index contributed by atoms with van der Waals surface area (Å²) in [6.07, 6.45) is 0.827. The van der Waals surface area contributed by atoms with Gasteiger partial charge in [-0.1, -0.05) is 25.5 Å². The third-order valence-corrected chi connectivity index (χ3v) is 1.75. The van der Waals surface area contributed by atoms with Crippen molar-refractivity contribution in [1.29, 1.82) is 0 Å². The van der Waals surface area contributed by atoms with Gasteiger partial charge in [0.15, 0.2) is 11.6 Å². The fourth-order valence-electron chi connectivity index (χ4n) is 0.947. The van der Waals surface area contributed by atoms with E-state index in [1.54, 1.807) is 6.07 Å². The first-order chi connectivity index (χ1) is 7.24. The maximum atomic E-state index is 13.0. The molecular formula is C11H13FO3. The highest BCUT2D eigenvalue weighted by atomic mass is 19.1. The molecule has 0 aliphatic rings. The van der Waals surface area contributed by atoms with Gasteiger partial charge in [-0.25, -0.2) is 9.18 Å². The molecule has 0 aromatic heterocycles. The molecule has 82 valence electrons. The zero-order valence-corrected chi connectivity index (χ0v) is 8.53. The van der Waals surface area contributed by atoms with Gasteiger partial charge in [0.25, 0.3) is 0 Å². The molecule has 3 nitrogen and oxygen atoms in total. The second kappa shape index (κ2) is 6.01. The summed E-state index contributed by atoms with van der Waals surface area (Å²) in [5, 5.41) is 0. The first kappa shape index (κ1) is 11.5. The van der Waals surface area contributed by atoms with E-state index in [1.165, 1.54) is 18.2 Å². The van der Waals surface area contributed by atoms with Crippen LogP contribution in [0.2, 0.25) is 0 Å². The topological polar surface area (TPSA) is 35.5 Å². The van der Waals surface area contributed by atoms with E-state index in [4.69, 9.17) is 4.74 Å². The van der Waals surface area contributed by atoms with Crippen LogP contribution in [0.1, 0.15) is 19.8 Å². The minimum absolute atomic E-state index is 0.112. The molecular weight excluding hydrogens is 199 g/mol. The third kappa shape index (κ3) is 3.97. The molecule has 0 aliphatic carbocycles. The second-order valence-corrected chi connectivity index (χ2v) is 2.98. The minimum atomic E-state index is -0.867. The van der Waals surface area contributed by atoms with Gasteiger partial charge >= 0.3 is 6.16 Å². The number of carbonyl (C=O) groups is 1. The van der Waals surface area contributed by atoms with Crippen LogP contribution in [0.3, 0.4) is 0 Å². The molecule has 0 spiro atoms. The third-order valence-electron chi connectivity index (χ3n) is 1.75. The number of carbonyl (C=O) groups excluding carboxylic acids is 1. The molecule has 0 unspecified atom stereocenters. The van der Waals surface area contributed by atoms with Crippen LogP contribution in [-0.2, 0) is 4.74 Å². The lowest BCUT2D eigenvalue weighted by atomic mass is 10.3. The lowest BCUT2D eigenvalue weighted by molar-refractivity contribution is 0.0963. The summed E-state index contributed by atoms with van der Waals surface area (Å²) in [5.74, 6) is -0.691. The van der Waals surface area contributed by atoms with Crippen molar-refractivity contribution in [1.82, 2.24) is 0 Å². The Morgan fingerprint density at radius 2 is 2.13 bits per heavy atom. The normalized spacial score (nSPS) is 9.73. The fraction of sp³-hybridized carbons (Fsp3) is 0.364. The number of benzene rings is 1. The molecule has 4 heteroatoms. The van der Waals surface area contributed by atoms with E-state index in [2.05, 4.69) is 4.74 Å². The molecule has 15 heavy (non-hydrogen) atoms. The molecule has 0 fully saturated rings. The Morgan fingerprint density at radius 1 is 1.40 bits per heavy atom. The molecule has 1 rings (SSSR count). The zero-order chi connectivity index (χ0) is 11.1. The molecule has 0 heterocycles. The molecule has 0 radical (unpaired) electrons. The first-order valence-electron chi connectivity index (χ1n) is 4.83. The van der Waals surface area contributed by atoms with Crippen LogP contribution in [0.4, 0.5) is 9.18 Å². The van der Waals surface area contributed by atoms with Crippen LogP contribution in [-0.4, -0.2) is 12.8 Å². The lowest BCUT2D eigenvalue weighted by Gasteiger charge is -2.05. The monoisotopic (exact) mass is 212 g/mol. The highest BCUT2D eigenvalue weighted by Crippen LogP contribution is 2.15. The van der Waals surface area contributed by atoms with E-state index >= 15 is 0 Å². The molecule has 0 saturated carbocycles. The van der Waals surface area contributed by atoms with Crippen molar-refractivity contribution in [3.8, 4) is 5.75 Å². The average Bonchev–Trinajstić information content (AvgIpc) is 2.22. The first-order valence-corrected chi connectivity index (χ1v) is 4.83. The minimum Gasteiger partial charge on any atom is -0.434 e. The standard InChI is InChI=1S/C11H13FO3/c1-2-3-8-14-11(13)15-10-7-5-4-6-9(10)12/h4-7H,2-3,8H2,1H3. The van der Waals surface area contributed by atoms with Crippen LogP contribution in [0.5, 0.6) is 5.75 Å². The SMILES string of the molecule is CCCCOC(=O)Oc1ccccc1F. The number of ether oxygens (including phenoxy) is 2. The van der Waals surface area contributed by atoms with Crippen molar-refractivity contribution >= 4 is 6.16 Å². The van der Waals surface area contributed by atoms with Gasteiger partial charge in [0.2, 0.25) is 0 Å². The van der Waals surface area contributed by atoms with Crippen molar-refractivity contribution in [2.24, 2.45) is 0 Å². The molecule has 0 amide bonds. The quantitative estimate of drug-likeness (QED) is 0.437. The van der Waals surface area contributed by atoms with Gasteiger partial charge in [0.1, 0.15) is 0 Å². The van der Waals surface area contributed by atoms with Crippen molar-refractivity contribution in [3.63, 3.8) is 0 Å². The Labute approximate surface area is 87.8 Å². The van der Waals surface area contributed by atoms with Crippen LogP contribution >= 0.6 is 0 Å². The van der Waals surface area contributed by atoms with Gasteiger partial charge in [-0.15, -0.1) is 0 Å². The van der Waals surface area contributed by atoms with E-state index in [1.807, 2.05) is 6.92 Å². The summed E-state index contributed by atoms with van der Waals surface area (Å²) >= 11 is 0. The van der Waals surface area contributed by atoms with Gasteiger partial charge in [0, 0.05) is 0 Å². The predicted octanol–water partition coefficient (Wildman–Crippen LogP) is 3.14. The van der Waals surface area contributed by atoms with E-state index in [9.17, 15) is 9.18 Å². The lowest BCUT2D eigenvalue weighted by Crippen LogP contribution is -2.12. The smallest absolute Gasteiger partial charge is 0.434 e. The van der Waals surface area contributed by atoms with Gasteiger partial charge in [0.05, 0.1) is 6.61 Å². The second-order valence-electron chi connectivity index (χ2n) is 2.98. The number of hydrogen-bond acceptors (Lipinski definition) is 3. The largest absolute Gasteiger partial charge is 0.513 e. The number of halogens is 1. The number of para-hydroxylation sites is 1. The Hall–Kier alpha value is -1.58. The van der Waals surface area contributed by atoms with E-state index < -0.39 is 12.0 Å². The average molecular weight is 212 g/mol. The van der Waals surface area contributed by atoms with Crippen LogP contribution in [0, 0.1) is 5.82 Å². The fourth-order valence-corrected chi connectivity index (χ4v) is 0.947. The Morgan fingerprint density at radius 3 is 2.80 bits per heavy atom. The molecule has 1 aromatic rings. The molecule has 0 bridgehead atoms. The van der Waals surface area contributed by atoms with Gasteiger partial charge in [-0.2, -0.15) is 0 Å². The van der Waals surface area contributed by atoms with Crippen LogP contribution < -0.4 is 4.74 Å². The van der Waals surface area contributed by atoms with Gasteiger partial charge < -0.3 is 9.47 Å². The summed E-state index contributed by atoms with van der Waals surface area (Å²) in [7, 11) is 0. The maximum Gasteiger partial charge on any atom is 0.513 e. The van der Waals surface area contributed by atoms with E-state index in [-0.39, 0.29) is 5.75 Å². The number of rotatable bonds is 4. The van der Waals surface area contributed by atoms with Crippen molar-refractivity contribution < 1.29 is 18.7 Å². The summed E-state index contributed by atoms with van der Waals surface area (Å²) in [6.45, 7) is 2.27. The van der Waals surface area contributed by atoms with Crippen molar-refractivity contribution in [3.05, 3.63) is 30.1 Å². The highest BCUT2D eigenvalue weighted by Gasteiger charge is 2.08. The van der Waals surface area contributed by atoms with E-state index in [0.717, 1.165) is 12.8 Å². The predicted molar refractivity (Wildman–Crippen MR) is 53.3 cm³/mol. The molecule has 0 atom stereocenters. The van der Waals surface area contributed by atoms with Crippen LogP contribution in [0.25, 0.3) is 0 Å². The Balaban J connectivity index is 2.41. The molecule has 1 aromatic carbocycles. The number of unbranched alkanes of at least 4 members (excludes halogenated alkanes) is 1. The van der Waals surface area contributed by atoms with Crippen molar-refractivity contribution in [2.45, 2.75) is 19.8 Å². The van der Waals surface area contributed by atoms with Crippen molar-refractivity contribution in [2.75, 3.05) is 6.61 Å². The molecule has 0 saturated heterocycles. The van der Waals surface area contributed by atoms with E-state index in [0.29, 0.717) is 6.61 Å². The highest BCUT2D eigenvalue weighted by molar-refractivity contribution is 5.63. The Kier molecular flexibility index (Phi) is 4.60. The molecule has 0 aliphatic heterocycles. The van der Waals surface area contributed by atoms with Gasteiger partial charge in [-0.05, 0) is 18.6 Å². The van der Waals surface area contributed by atoms with Gasteiger partial charge in [-0.3, -0.25) is 0 Å².